The summed E-state index contributed by atoms with van der Waals surface area (Å²) in [4.78, 5) is 27.3. The number of nitrogens with one attached hydrogen (secondary N) is 1. The summed E-state index contributed by atoms with van der Waals surface area (Å²) in [6.07, 6.45) is 1.28. The molecule has 1 heterocycles. The van der Waals surface area contributed by atoms with Gasteiger partial charge in [-0.3, -0.25) is 9.78 Å². The van der Waals surface area contributed by atoms with Crippen LogP contribution in [0.1, 0.15) is 20.8 Å². The van der Waals surface area contributed by atoms with Gasteiger partial charge < -0.3 is 14.8 Å². The normalized spacial score (nSPS) is 9.95. The van der Waals surface area contributed by atoms with Gasteiger partial charge in [0.15, 0.2) is 0 Å². The number of pyridine rings is 1. The number of methoxy groups -OCH3 is 2. The van der Waals surface area contributed by atoms with Crippen LogP contribution in [0.5, 0.6) is 5.75 Å². The van der Waals surface area contributed by atoms with Gasteiger partial charge in [-0.05, 0) is 30.3 Å². The maximum absolute atomic E-state index is 12.1. The van der Waals surface area contributed by atoms with Crippen molar-refractivity contribution in [2.75, 3.05) is 19.5 Å². The highest BCUT2D eigenvalue weighted by atomic mass is 35.5. The number of amides is 1. The molecule has 0 atom stereocenters. The molecule has 1 aromatic heterocycles. The molecule has 0 aliphatic rings. The summed E-state index contributed by atoms with van der Waals surface area (Å²) in [5.74, 6) is -0.417. The highest BCUT2D eigenvalue weighted by Gasteiger charge is 2.11. The molecular formula is C15H13ClN2O4. The molecule has 0 unspecified atom stereocenters. The zero-order valence-corrected chi connectivity index (χ0v) is 12.7. The lowest BCUT2D eigenvalue weighted by Crippen LogP contribution is -2.14. The summed E-state index contributed by atoms with van der Waals surface area (Å²) in [6.45, 7) is 0. The molecule has 2 aromatic rings. The van der Waals surface area contributed by atoms with Crippen molar-refractivity contribution in [3.05, 3.63) is 52.8 Å². The zero-order chi connectivity index (χ0) is 16.1. The molecule has 0 radical (unpaired) electrons. The van der Waals surface area contributed by atoms with Gasteiger partial charge in [-0.15, -0.1) is 0 Å². The Labute approximate surface area is 132 Å². The van der Waals surface area contributed by atoms with Crippen molar-refractivity contribution < 1.29 is 19.1 Å². The zero-order valence-electron chi connectivity index (χ0n) is 11.9. The molecule has 1 amide bonds. The first-order valence-electron chi connectivity index (χ1n) is 6.24. The monoisotopic (exact) mass is 320 g/mol. The summed E-state index contributed by atoms with van der Waals surface area (Å²) in [7, 11) is 2.78. The van der Waals surface area contributed by atoms with Crippen LogP contribution >= 0.6 is 11.6 Å². The van der Waals surface area contributed by atoms with Crippen LogP contribution in [0, 0.1) is 0 Å². The van der Waals surface area contributed by atoms with Gasteiger partial charge in [0.2, 0.25) is 0 Å². The Morgan fingerprint density at radius 1 is 1.18 bits per heavy atom. The number of hydrogen-bond acceptors (Lipinski definition) is 5. The number of benzene rings is 1. The highest BCUT2D eigenvalue weighted by molar-refractivity contribution is 6.32. The largest absolute Gasteiger partial charge is 0.495 e. The summed E-state index contributed by atoms with van der Waals surface area (Å²) in [5.41, 5.74) is 0.945. The minimum absolute atomic E-state index is 0.166. The second-order valence-electron chi connectivity index (χ2n) is 4.23. The first-order chi connectivity index (χ1) is 10.5. The van der Waals surface area contributed by atoms with Crippen LogP contribution in [0.15, 0.2) is 36.5 Å². The van der Waals surface area contributed by atoms with Crippen molar-refractivity contribution in [1.82, 2.24) is 4.98 Å². The summed E-state index contributed by atoms with van der Waals surface area (Å²) >= 11 is 5.99. The van der Waals surface area contributed by atoms with Crippen LogP contribution in [-0.2, 0) is 4.74 Å². The van der Waals surface area contributed by atoms with Gasteiger partial charge in [-0.25, -0.2) is 4.79 Å². The number of hydrogen-bond donors (Lipinski definition) is 1. The topological polar surface area (TPSA) is 77.5 Å². The number of carbonyl (C=O) groups excluding carboxylic acids is 2. The lowest BCUT2D eigenvalue weighted by Gasteiger charge is -2.08. The third kappa shape index (κ3) is 3.53. The second-order valence-corrected chi connectivity index (χ2v) is 4.63. The Kier molecular flexibility index (Phi) is 4.95. The van der Waals surface area contributed by atoms with Crippen LogP contribution in [0.25, 0.3) is 0 Å². The molecule has 0 saturated carbocycles. The van der Waals surface area contributed by atoms with Crippen LogP contribution in [0.2, 0.25) is 5.02 Å². The third-order valence-corrected chi connectivity index (χ3v) is 3.12. The van der Waals surface area contributed by atoms with Crippen LogP contribution in [0.4, 0.5) is 5.69 Å². The van der Waals surface area contributed by atoms with Crippen molar-refractivity contribution in [3.8, 4) is 5.75 Å². The summed E-state index contributed by atoms with van der Waals surface area (Å²) < 4.78 is 9.60. The van der Waals surface area contributed by atoms with Crippen molar-refractivity contribution in [2.45, 2.75) is 0 Å². The molecule has 1 N–H and O–H groups in total. The number of esters is 1. The Bertz CT molecular complexity index is 701. The maximum atomic E-state index is 12.1. The van der Waals surface area contributed by atoms with E-state index in [-0.39, 0.29) is 11.3 Å². The molecular weight excluding hydrogens is 308 g/mol. The first-order valence-corrected chi connectivity index (χ1v) is 6.62. The molecule has 0 aliphatic heterocycles. The number of rotatable bonds is 4. The smallest absolute Gasteiger partial charge is 0.339 e. The van der Waals surface area contributed by atoms with Gasteiger partial charge in [0.05, 0.1) is 24.8 Å². The Morgan fingerprint density at radius 2 is 1.95 bits per heavy atom. The van der Waals surface area contributed by atoms with Gasteiger partial charge in [-0.1, -0.05) is 11.6 Å². The SMILES string of the molecule is COC(=O)c1ccc(C(=O)Nc2ccc(OC)c(Cl)c2)nc1. The van der Waals surface area contributed by atoms with E-state index in [1.54, 1.807) is 18.2 Å². The second kappa shape index (κ2) is 6.91. The Morgan fingerprint density at radius 3 is 2.50 bits per heavy atom. The molecule has 22 heavy (non-hydrogen) atoms. The van der Waals surface area contributed by atoms with Crippen molar-refractivity contribution in [3.63, 3.8) is 0 Å². The maximum Gasteiger partial charge on any atom is 0.339 e. The molecule has 0 saturated heterocycles. The molecule has 0 aliphatic carbocycles. The molecule has 1 aromatic carbocycles. The van der Waals surface area contributed by atoms with E-state index < -0.39 is 11.9 Å². The van der Waals surface area contributed by atoms with Gasteiger partial charge in [0, 0.05) is 11.9 Å². The van der Waals surface area contributed by atoms with Crippen molar-refractivity contribution in [1.29, 1.82) is 0 Å². The van der Waals surface area contributed by atoms with Crippen LogP contribution in [-0.4, -0.2) is 31.1 Å². The van der Waals surface area contributed by atoms with Gasteiger partial charge in [0.25, 0.3) is 5.91 Å². The highest BCUT2D eigenvalue weighted by Crippen LogP contribution is 2.27. The molecule has 2 rings (SSSR count). The third-order valence-electron chi connectivity index (χ3n) is 2.83. The number of carbonyl (C=O) groups is 2. The van der Waals surface area contributed by atoms with E-state index in [0.717, 1.165) is 0 Å². The minimum Gasteiger partial charge on any atom is -0.495 e. The summed E-state index contributed by atoms with van der Waals surface area (Å²) in [6, 6.07) is 7.78. The van der Waals surface area contributed by atoms with E-state index in [2.05, 4.69) is 15.0 Å². The molecule has 0 fully saturated rings. The fraction of sp³-hybridized carbons (Fsp3) is 0.133. The molecule has 0 spiro atoms. The molecule has 6 nitrogen and oxygen atoms in total. The van der Waals surface area contributed by atoms with Gasteiger partial charge in [-0.2, -0.15) is 0 Å². The fourth-order valence-electron chi connectivity index (χ4n) is 1.71. The van der Waals surface area contributed by atoms with E-state index in [1.165, 1.54) is 32.5 Å². The van der Waals surface area contributed by atoms with E-state index in [1.807, 2.05) is 0 Å². The van der Waals surface area contributed by atoms with Gasteiger partial charge in [0.1, 0.15) is 11.4 Å². The predicted octanol–water partition coefficient (Wildman–Crippen LogP) is 2.78. The first kappa shape index (κ1) is 15.8. The summed E-state index contributed by atoms with van der Waals surface area (Å²) in [5, 5.41) is 3.04. The predicted molar refractivity (Wildman–Crippen MR) is 81.5 cm³/mol. The molecule has 7 heteroatoms. The quantitative estimate of drug-likeness (QED) is 0.876. The van der Waals surface area contributed by atoms with Crippen molar-refractivity contribution >= 4 is 29.2 Å². The Balaban J connectivity index is 2.12. The number of ether oxygens (including phenoxy) is 2. The average molecular weight is 321 g/mol. The van der Waals surface area contributed by atoms with Gasteiger partial charge >= 0.3 is 5.97 Å². The van der Waals surface area contributed by atoms with E-state index in [9.17, 15) is 9.59 Å². The number of nitrogens with zero attached hydrogens (tertiary/aromatic N) is 1. The number of aromatic nitrogens is 1. The average Bonchev–Trinajstić information content (AvgIpc) is 2.54. The lowest BCUT2D eigenvalue weighted by atomic mass is 10.2. The van der Waals surface area contributed by atoms with Crippen LogP contribution in [0.3, 0.4) is 0 Å². The number of halogens is 1. The van der Waals surface area contributed by atoms with Crippen LogP contribution < -0.4 is 10.1 Å². The fourth-order valence-corrected chi connectivity index (χ4v) is 1.96. The minimum atomic E-state index is -0.513. The number of anilines is 1. The molecule has 0 bridgehead atoms. The van der Waals surface area contributed by atoms with E-state index in [4.69, 9.17) is 16.3 Å². The van der Waals surface area contributed by atoms with E-state index in [0.29, 0.717) is 16.5 Å². The standard InChI is InChI=1S/C15H13ClN2O4/c1-21-13-6-4-10(7-11(13)16)18-14(19)12-5-3-9(8-17-12)15(20)22-2/h3-8H,1-2H3,(H,18,19). The lowest BCUT2D eigenvalue weighted by molar-refractivity contribution is 0.0600. The van der Waals surface area contributed by atoms with E-state index >= 15 is 0 Å². The Hall–Kier alpha value is -2.60. The van der Waals surface area contributed by atoms with Crippen molar-refractivity contribution in [2.24, 2.45) is 0 Å². The molecule has 114 valence electrons.